The van der Waals surface area contributed by atoms with Crippen LogP contribution in [0.1, 0.15) is 6.42 Å². The second-order valence-corrected chi connectivity index (χ2v) is 5.30. The zero-order valence-electron chi connectivity index (χ0n) is 10.4. The van der Waals surface area contributed by atoms with E-state index in [9.17, 15) is 25.5 Å². The zero-order chi connectivity index (χ0) is 14.2. The molecule has 0 aliphatic carbocycles. The lowest BCUT2D eigenvalue weighted by Crippen LogP contribution is -2.68. The van der Waals surface area contributed by atoms with Gasteiger partial charge < -0.3 is 40.7 Å². The number of aliphatic hydroxyl groups excluding tert-OH is 6. The van der Waals surface area contributed by atoms with Crippen LogP contribution in [-0.4, -0.2) is 92.6 Å². The zero-order valence-corrected chi connectivity index (χ0v) is 10.4. The topological polar surface area (TPSA) is 143 Å². The average molecular weight is 279 g/mol. The number of β-amino-alcohol motifs (C(OH)–C–C–N with tert-alkyl or cyclic N) is 1. The Kier molecular flexibility index (Phi) is 4.43. The van der Waals surface area contributed by atoms with Gasteiger partial charge in [-0.3, -0.25) is 0 Å². The normalized spacial score (nSPS) is 52.1. The van der Waals surface area contributed by atoms with Crippen molar-refractivity contribution >= 4 is 0 Å². The summed E-state index contributed by atoms with van der Waals surface area (Å²) in [6.07, 6.45) is -7.63. The summed E-state index contributed by atoms with van der Waals surface area (Å²) >= 11 is 0. The van der Waals surface area contributed by atoms with Gasteiger partial charge in [0.2, 0.25) is 0 Å². The fourth-order valence-electron chi connectivity index (χ4n) is 2.75. The molecule has 2 heterocycles. The highest BCUT2D eigenvalue weighted by Gasteiger charge is 2.54. The third-order valence-electron chi connectivity index (χ3n) is 3.94. The van der Waals surface area contributed by atoms with E-state index in [1.54, 1.807) is 0 Å². The van der Waals surface area contributed by atoms with Crippen LogP contribution >= 0.6 is 0 Å². The molecule has 7 atom stereocenters. The number of hydrogen-bond acceptors (Lipinski definition) is 8. The molecular formula is C11H21NO7. The van der Waals surface area contributed by atoms with Crippen molar-refractivity contribution in [2.45, 2.75) is 48.6 Å². The highest BCUT2D eigenvalue weighted by atomic mass is 16.6. The maximum atomic E-state index is 10.1. The third-order valence-corrected chi connectivity index (χ3v) is 3.94. The molecule has 0 aromatic carbocycles. The molecule has 0 aromatic rings. The van der Waals surface area contributed by atoms with Crippen molar-refractivity contribution in [3.05, 3.63) is 0 Å². The molecule has 0 amide bonds. The Hall–Kier alpha value is -0.320. The summed E-state index contributed by atoms with van der Waals surface area (Å²) < 4.78 is 5.51. The predicted octanol–water partition coefficient (Wildman–Crippen LogP) is -4.09. The van der Waals surface area contributed by atoms with Gasteiger partial charge in [0.15, 0.2) is 0 Å². The first-order chi connectivity index (χ1) is 8.91. The molecule has 2 saturated heterocycles. The molecule has 2 aliphatic rings. The van der Waals surface area contributed by atoms with Crippen molar-refractivity contribution in [2.75, 3.05) is 19.7 Å². The standard InChI is InChI=1S/C11H21NO7/c13-3-7-8(16)9(17)10(18)11(19-7)1-5(14)6(15)2-12-4-11/h5-10,12-18H,1-4H2/t5-,6+,7+,8+,9-,10+,11+/m0/s1. The van der Waals surface area contributed by atoms with Gasteiger partial charge in [-0.2, -0.15) is 0 Å². The van der Waals surface area contributed by atoms with E-state index in [2.05, 4.69) is 5.32 Å². The van der Waals surface area contributed by atoms with Crippen LogP contribution in [-0.2, 0) is 4.74 Å². The van der Waals surface area contributed by atoms with Crippen molar-refractivity contribution in [2.24, 2.45) is 0 Å². The predicted molar refractivity (Wildman–Crippen MR) is 62.2 cm³/mol. The lowest BCUT2D eigenvalue weighted by atomic mass is 9.81. The molecule has 2 fully saturated rings. The van der Waals surface area contributed by atoms with Gasteiger partial charge in [-0.25, -0.2) is 0 Å². The number of aliphatic hydroxyl groups is 6. The van der Waals surface area contributed by atoms with E-state index >= 15 is 0 Å². The number of ether oxygens (including phenoxy) is 1. The van der Waals surface area contributed by atoms with E-state index in [4.69, 9.17) is 9.84 Å². The van der Waals surface area contributed by atoms with Crippen LogP contribution in [0.2, 0.25) is 0 Å². The van der Waals surface area contributed by atoms with Crippen LogP contribution in [0, 0.1) is 0 Å². The van der Waals surface area contributed by atoms with Crippen LogP contribution < -0.4 is 5.32 Å². The van der Waals surface area contributed by atoms with E-state index < -0.39 is 48.8 Å². The summed E-state index contributed by atoms with van der Waals surface area (Å²) in [6.45, 7) is -0.310. The largest absolute Gasteiger partial charge is 0.394 e. The molecule has 0 bridgehead atoms. The van der Waals surface area contributed by atoms with Gasteiger partial charge in [0.25, 0.3) is 0 Å². The Bertz CT molecular complexity index is 315. The smallest absolute Gasteiger partial charge is 0.113 e. The molecule has 19 heavy (non-hydrogen) atoms. The maximum absolute atomic E-state index is 10.1. The average Bonchev–Trinajstić information content (AvgIpc) is 2.53. The van der Waals surface area contributed by atoms with E-state index in [1.165, 1.54) is 0 Å². The summed E-state index contributed by atoms with van der Waals surface area (Å²) in [7, 11) is 0. The molecule has 2 rings (SSSR count). The van der Waals surface area contributed by atoms with Crippen LogP contribution in [0.3, 0.4) is 0 Å². The third kappa shape index (κ3) is 2.63. The van der Waals surface area contributed by atoms with E-state index in [0.717, 1.165) is 0 Å². The van der Waals surface area contributed by atoms with Crippen LogP contribution in [0.15, 0.2) is 0 Å². The summed E-state index contributed by atoms with van der Waals surface area (Å²) in [5.74, 6) is 0. The SMILES string of the molecule is OC[C@H]1O[C@]2(CNC[C@@H](O)[C@@H](O)C2)[C@H](O)[C@@H](O)[C@@H]1O. The highest BCUT2D eigenvalue weighted by Crippen LogP contribution is 2.35. The molecule has 0 aromatic heterocycles. The van der Waals surface area contributed by atoms with E-state index in [1.807, 2.05) is 0 Å². The molecule has 7 N–H and O–H groups in total. The van der Waals surface area contributed by atoms with Gasteiger partial charge in [0.05, 0.1) is 18.8 Å². The number of hydrogen-bond donors (Lipinski definition) is 7. The molecule has 8 heteroatoms. The van der Waals surface area contributed by atoms with E-state index in [0.29, 0.717) is 0 Å². The Morgan fingerprint density at radius 3 is 2.37 bits per heavy atom. The summed E-state index contributed by atoms with van der Waals surface area (Å²) in [5.41, 5.74) is -1.36. The second-order valence-electron chi connectivity index (χ2n) is 5.30. The summed E-state index contributed by atoms with van der Waals surface area (Å²) in [4.78, 5) is 0. The maximum Gasteiger partial charge on any atom is 0.113 e. The lowest BCUT2D eigenvalue weighted by molar-refractivity contribution is -0.278. The molecule has 2 aliphatic heterocycles. The van der Waals surface area contributed by atoms with Crippen LogP contribution in [0.5, 0.6) is 0 Å². The minimum absolute atomic E-state index is 0.0859. The van der Waals surface area contributed by atoms with E-state index in [-0.39, 0.29) is 19.5 Å². The Labute approximate surface area is 110 Å². The van der Waals surface area contributed by atoms with Gasteiger partial charge in [0.1, 0.15) is 30.0 Å². The van der Waals surface area contributed by atoms with Crippen molar-refractivity contribution in [3.8, 4) is 0 Å². The van der Waals surface area contributed by atoms with Gasteiger partial charge in [-0.15, -0.1) is 0 Å². The first-order valence-corrected chi connectivity index (χ1v) is 6.31. The minimum atomic E-state index is -1.49. The number of rotatable bonds is 1. The quantitative estimate of drug-likeness (QED) is 0.257. The molecular weight excluding hydrogens is 258 g/mol. The van der Waals surface area contributed by atoms with Gasteiger partial charge in [0, 0.05) is 19.5 Å². The van der Waals surface area contributed by atoms with Crippen molar-refractivity contribution < 1.29 is 35.4 Å². The first kappa shape index (κ1) is 15.1. The van der Waals surface area contributed by atoms with Crippen molar-refractivity contribution in [1.29, 1.82) is 0 Å². The lowest BCUT2D eigenvalue weighted by Gasteiger charge is -2.48. The molecule has 0 unspecified atom stereocenters. The molecule has 0 radical (unpaired) electrons. The van der Waals surface area contributed by atoms with Crippen LogP contribution in [0.4, 0.5) is 0 Å². The minimum Gasteiger partial charge on any atom is -0.394 e. The Morgan fingerprint density at radius 1 is 1.05 bits per heavy atom. The fraction of sp³-hybridized carbons (Fsp3) is 1.00. The molecule has 8 nitrogen and oxygen atoms in total. The molecule has 112 valence electrons. The highest BCUT2D eigenvalue weighted by molar-refractivity contribution is 5.05. The van der Waals surface area contributed by atoms with Gasteiger partial charge in [-0.1, -0.05) is 0 Å². The van der Waals surface area contributed by atoms with Crippen molar-refractivity contribution in [1.82, 2.24) is 5.32 Å². The number of nitrogens with one attached hydrogen (secondary N) is 1. The Morgan fingerprint density at radius 2 is 1.74 bits per heavy atom. The summed E-state index contributed by atoms with van der Waals surface area (Å²) in [6, 6.07) is 0. The fourth-order valence-corrected chi connectivity index (χ4v) is 2.75. The monoisotopic (exact) mass is 279 g/mol. The van der Waals surface area contributed by atoms with Crippen LogP contribution in [0.25, 0.3) is 0 Å². The molecule has 1 spiro atoms. The first-order valence-electron chi connectivity index (χ1n) is 6.31. The van der Waals surface area contributed by atoms with Gasteiger partial charge >= 0.3 is 0 Å². The summed E-state index contributed by atoms with van der Waals surface area (Å²) in [5, 5.41) is 61.0. The second kappa shape index (κ2) is 5.58. The molecule has 0 saturated carbocycles. The van der Waals surface area contributed by atoms with Crippen molar-refractivity contribution in [3.63, 3.8) is 0 Å². The Balaban J connectivity index is 2.24. The van der Waals surface area contributed by atoms with Gasteiger partial charge in [-0.05, 0) is 0 Å².